The fourth-order valence-corrected chi connectivity index (χ4v) is 2.47. The molecular weight excluding hydrogens is 224 g/mol. The summed E-state index contributed by atoms with van der Waals surface area (Å²) in [5, 5.41) is 10.2. The zero-order chi connectivity index (χ0) is 12.5. The minimum Gasteiger partial charge on any atom is -0.485 e. The van der Waals surface area contributed by atoms with E-state index < -0.39 is 6.10 Å². The minimum absolute atomic E-state index is 0.0604. The van der Waals surface area contributed by atoms with Crippen molar-refractivity contribution in [2.75, 3.05) is 0 Å². The minimum atomic E-state index is -0.444. The van der Waals surface area contributed by atoms with Crippen molar-refractivity contribution in [2.24, 2.45) is 0 Å². The van der Waals surface area contributed by atoms with Gasteiger partial charge in [0.15, 0.2) is 0 Å². The summed E-state index contributed by atoms with van der Waals surface area (Å²) < 4.78 is 5.98. The standard InChI is InChI=1S/C16H16O2/c1-11-5-4-6-12(9-11)16-10-14(17)13-7-2-3-8-15(13)18-16/h2-9,14,16-17H,10H2,1H3. The molecule has 0 saturated carbocycles. The number of ether oxygens (including phenoxy) is 1. The summed E-state index contributed by atoms with van der Waals surface area (Å²) in [5.74, 6) is 0.794. The van der Waals surface area contributed by atoms with E-state index in [2.05, 4.69) is 25.1 Å². The zero-order valence-electron chi connectivity index (χ0n) is 10.3. The molecule has 0 amide bonds. The molecule has 2 nitrogen and oxygen atoms in total. The Morgan fingerprint density at radius 2 is 1.94 bits per heavy atom. The van der Waals surface area contributed by atoms with Gasteiger partial charge in [-0.3, -0.25) is 0 Å². The zero-order valence-corrected chi connectivity index (χ0v) is 10.3. The molecule has 0 fully saturated rings. The van der Waals surface area contributed by atoms with E-state index in [0.29, 0.717) is 6.42 Å². The van der Waals surface area contributed by atoms with Gasteiger partial charge in [-0.25, -0.2) is 0 Å². The van der Waals surface area contributed by atoms with Gasteiger partial charge in [-0.2, -0.15) is 0 Å². The highest BCUT2D eigenvalue weighted by Gasteiger charge is 2.27. The van der Waals surface area contributed by atoms with Crippen LogP contribution in [0.3, 0.4) is 0 Å². The van der Waals surface area contributed by atoms with Gasteiger partial charge < -0.3 is 9.84 Å². The summed E-state index contributed by atoms with van der Waals surface area (Å²) in [6.07, 6.45) is 0.107. The molecule has 18 heavy (non-hydrogen) atoms. The molecule has 0 bridgehead atoms. The van der Waals surface area contributed by atoms with Crippen molar-refractivity contribution >= 4 is 0 Å². The third kappa shape index (κ3) is 2.00. The highest BCUT2D eigenvalue weighted by atomic mass is 16.5. The molecule has 0 radical (unpaired) electrons. The first-order valence-corrected chi connectivity index (χ1v) is 6.24. The van der Waals surface area contributed by atoms with Crippen LogP contribution >= 0.6 is 0 Å². The summed E-state index contributed by atoms with van der Waals surface area (Å²) >= 11 is 0. The van der Waals surface area contributed by atoms with Gasteiger partial charge in [-0.15, -0.1) is 0 Å². The van der Waals surface area contributed by atoms with Crippen LogP contribution in [0, 0.1) is 6.92 Å². The van der Waals surface area contributed by atoms with Crippen LogP contribution < -0.4 is 4.74 Å². The van der Waals surface area contributed by atoms with Crippen LogP contribution in [0.2, 0.25) is 0 Å². The summed E-state index contributed by atoms with van der Waals surface area (Å²) in [6.45, 7) is 2.07. The Labute approximate surface area is 107 Å². The average Bonchev–Trinajstić information content (AvgIpc) is 2.39. The number of para-hydroxylation sites is 1. The Balaban J connectivity index is 1.94. The maximum absolute atomic E-state index is 10.2. The molecule has 1 aliphatic rings. The quantitative estimate of drug-likeness (QED) is 0.826. The van der Waals surface area contributed by atoms with E-state index in [1.165, 1.54) is 5.56 Å². The van der Waals surface area contributed by atoms with Crippen LogP contribution in [0.1, 0.15) is 35.3 Å². The van der Waals surface area contributed by atoms with E-state index in [4.69, 9.17) is 4.74 Å². The molecular formula is C16H16O2. The molecule has 1 N–H and O–H groups in total. The highest BCUT2D eigenvalue weighted by Crippen LogP contribution is 2.40. The van der Waals surface area contributed by atoms with Gasteiger partial charge in [0.1, 0.15) is 11.9 Å². The summed E-state index contributed by atoms with van der Waals surface area (Å²) in [6, 6.07) is 16.0. The molecule has 3 rings (SSSR count). The molecule has 2 heteroatoms. The van der Waals surface area contributed by atoms with Crippen molar-refractivity contribution in [1.82, 2.24) is 0 Å². The smallest absolute Gasteiger partial charge is 0.127 e. The van der Waals surface area contributed by atoms with Crippen LogP contribution in [-0.4, -0.2) is 5.11 Å². The van der Waals surface area contributed by atoms with Crippen molar-refractivity contribution in [3.8, 4) is 5.75 Å². The van der Waals surface area contributed by atoms with Gasteiger partial charge in [0, 0.05) is 12.0 Å². The van der Waals surface area contributed by atoms with Gasteiger partial charge in [0.2, 0.25) is 0 Å². The van der Waals surface area contributed by atoms with E-state index in [9.17, 15) is 5.11 Å². The Morgan fingerprint density at radius 3 is 2.78 bits per heavy atom. The first-order valence-electron chi connectivity index (χ1n) is 6.24. The number of aryl methyl sites for hydroxylation is 1. The van der Waals surface area contributed by atoms with Crippen LogP contribution in [0.5, 0.6) is 5.75 Å². The van der Waals surface area contributed by atoms with Gasteiger partial charge >= 0.3 is 0 Å². The van der Waals surface area contributed by atoms with Gasteiger partial charge in [0.05, 0.1) is 6.10 Å². The second-order valence-electron chi connectivity index (χ2n) is 4.81. The molecule has 2 atom stereocenters. The van der Waals surface area contributed by atoms with Gasteiger partial charge in [0.25, 0.3) is 0 Å². The van der Waals surface area contributed by atoms with Crippen LogP contribution in [0.25, 0.3) is 0 Å². The maximum Gasteiger partial charge on any atom is 0.127 e. The van der Waals surface area contributed by atoms with E-state index >= 15 is 0 Å². The van der Waals surface area contributed by atoms with Crippen LogP contribution in [-0.2, 0) is 0 Å². The number of hydrogen-bond donors (Lipinski definition) is 1. The van der Waals surface area contributed by atoms with E-state index in [1.807, 2.05) is 30.3 Å². The molecule has 0 spiro atoms. The van der Waals surface area contributed by atoms with Crippen molar-refractivity contribution in [3.63, 3.8) is 0 Å². The molecule has 1 heterocycles. The van der Waals surface area contributed by atoms with Crippen LogP contribution in [0.15, 0.2) is 48.5 Å². The summed E-state index contributed by atoms with van der Waals surface area (Å²) in [7, 11) is 0. The second-order valence-corrected chi connectivity index (χ2v) is 4.81. The second kappa shape index (κ2) is 4.46. The highest BCUT2D eigenvalue weighted by molar-refractivity contribution is 5.38. The topological polar surface area (TPSA) is 29.5 Å². The molecule has 0 aliphatic carbocycles. The van der Waals surface area contributed by atoms with E-state index in [0.717, 1.165) is 16.9 Å². The lowest BCUT2D eigenvalue weighted by molar-refractivity contribution is 0.0657. The normalized spacial score (nSPS) is 22.1. The molecule has 2 aromatic carbocycles. The Kier molecular flexibility index (Phi) is 2.80. The SMILES string of the molecule is Cc1cccc(C2CC(O)c3ccccc3O2)c1. The molecule has 2 unspecified atom stereocenters. The Hall–Kier alpha value is -1.80. The van der Waals surface area contributed by atoms with Crippen LogP contribution in [0.4, 0.5) is 0 Å². The Morgan fingerprint density at radius 1 is 1.11 bits per heavy atom. The van der Waals surface area contributed by atoms with Gasteiger partial charge in [-0.1, -0.05) is 48.0 Å². The Bertz CT molecular complexity index is 563. The van der Waals surface area contributed by atoms with E-state index in [1.54, 1.807) is 0 Å². The first-order chi connectivity index (χ1) is 8.74. The maximum atomic E-state index is 10.2. The van der Waals surface area contributed by atoms with Crippen molar-refractivity contribution in [3.05, 3.63) is 65.2 Å². The monoisotopic (exact) mass is 240 g/mol. The number of hydrogen-bond acceptors (Lipinski definition) is 2. The molecule has 0 saturated heterocycles. The largest absolute Gasteiger partial charge is 0.485 e. The number of fused-ring (bicyclic) bond motifs is 1. The van der Waals surface area contributed by atoms with Crippen molar-refractivity contribution in [2.45, 2.75) is 25.6 Å². The first kappa shape index (κ1) is 11.3. The molecule has 2 aromatic rings. The summed E-state index contributed by atoms with van der Waals surface area (Å²) in [5.41, 5.74) is 3.23. The fraction of sp³-hybridized carbons (Fsp3) is 0.250. The van der Waals surface area contributed by atoms with Crippen molar-refractivity contribution in [1.29, 1.82) is 0 Å². The molecule has 1 aliphatic heterocycles. The third-order valence-electron chi connectivity index (χ3n) is 3.40. The predicted octanol–water partition coefficient (Wildman–Crippen LogP) is 3.55. The third-order valence-corrected chi connectivity index (χ3v) is 3.40. The lowest BCUT2D eigenvalue weighted by Crippen LogP contribution is -2.18. The number of aliphatic hydroxyl groups excluding tert-OH is 1. The molecule has 92 valence electrons. The lowest BCUT2D eigenvalue weighted by atomic mass is 9.94. The molecule has 0 aromatic heterocycles. The fourth-order valence-electron chi connectivity index (χ4n) is 2.47. The van der Waals surface area contributed by atoms with Crippen molar-refractivity contribution < 1.29 is 9.84 Å². The van der Waals surface area contributed by atoms with E-state index in [-0.39, 0.29) is 6.10 Å². The predicted molar refractivity (Wildman–Crippen MR) is 70.6 cm³/mol. The number of benzene rings is 2. The lowest BCUT2D eigenvalue weighted by Gasteiger charge is -2.30. The summed E-state index contributed by atoms with van der Waals surface area (Å²) in [4.78, 5) is 0. The number of aliphatic hydroxyl groups is 1. The number of rotatable bonds is 1. The van der Waals surface area contributed by atoms with Gasteiger partial charge in [-0.05, 0) is 18.6 Å². The average molecular weight is 240 g/mol.